The van der Waals surface area contributed by atoms with Crippen LogP contribution in [0.2, 0.25) is 0 Å². The summed E-state index contributed by atoms with van der Waals surface area (Å²) < 4.78 is 14.9. The quantitative estimate of drug-likeness (QED) is 0.405. The minimum absolute atomic E-state index is 0.105. The van der Waals surface area contributed by atoms with Crippen molar-refractivity contribution < 1.29 is 14.3 Å². The normalized spacial score (nSPS) is 12.3. The van der Waals surface area contributed by atoms with Gasteiger partial charge in [-0.05, 0) is 39.0 Å². The fourth-order valence-corrected chi connectivity index (χ4v) is 3.96. The van der Waals surface area contributed by atoms with E-state index in [-0.39, 0.29) is 18.4 Å². The molecule has 1 atom stereocenters. The van der Waals surface area contributed by atoms with Crippen LogP contribution in [0.4, 0.5) is 0 Å². The highest BCUT2D eigenvalue weighted by Gasteiger charge is 2.20. The lowest BCUT2D eigenvalue weighted by Gasteiger charge is -2.17. The molecule has 0 saturated carbocycles. The van der Waals surface area contributed by atoms with Gasteiger partial charge in [-0.1, -0.05) is 18.2 Å². The summed E-state index contributed by atoms with van der Waals surface area (Å²) in [5, 5.41) is 5.06. The third kappa shape index (κ3) is 3.94. The molecule has 0 bridgehead atoms. The first kappa shape index (κ1) is 20.7. The molecule has 3 aromatic heterocycles. The van der Waals surface area contributed by atoms with Gasteiger partial charge in [0.1, 0.15) is 11.7 Å². The molecule has 8 heteroatoms. The number of fused-ring (bicyclic) bond motifs is 1. The maximum Gasteiger partial charge on any atom is 0.228 e. The summed E-state index contributed by atoms with van der Waals surface area (Å²) in [6, 6.07) is 11.7. The molecule has 1 aromatic carbocycles. The van der Waals surface area contributed by atoms with E-state index < -0.39 is 0 Å². The van der Waals surface area contributed by atoms with Gasteiger partial charge >= 0.3 is 0 Å². The van der Waals surface area contributed by atoms with E-state index >= 15 is 0 Å². The molecule has 160 valence electrons. The van der Waals surface area contributed by atoms with Gasteiger partial charge in [0.25, 0.3) is 0 Å². The van der Waals surface area contributed by atoms with Gasteiger partial charge < -0.3 is 14.0 Å². The van der Waals surface area contributed by atoms with Gasteiger partial charge in [0.15, 0.2) is 12.3 Å². The standard InChI is InChI=1S/C23H25N5O3/c1-15-10-19(17(3)27(15)16(2)12-30-4)21(29)13-31-23-20-11-26-28(22(20)24-14-25-23)18-8-6-5-7-9-18/h5-11,14,16H,12-13H2,1-4H3/t16-/m0/s1. The zero-order chi connectivity index (χ0) is 22.0. The van der Waals surface area contributed by atoms with Crippen molar-refractivity contribution in [1.82, 2.24) is 24.3 Å². The lowest BCUT2D eigenvalue weighted by Crippen LogP contribution is -2.16. The van der Waals surface area contributed by atoms with E-state index in [4.69, 9.17) is 9.47 Å². The molecule has 0 radical (unpaired) electrons. The Balaban J connectivity index is 1.56. The number of carbonyl (C=O) groups is 1. The Bertz CT molecular complexity index is 1210. The van der Waals surface area contributed by atoms with Gasteiger partial charge in [-0.2, -0.15) is 5.10 Å². The smallest absolute Gasteiger partial charge is 0.228 e. The lowest BCUT2D eigenvalue weighted by atomic mass is 10.1. The fraction of sp³-hybridized carbons (Fsp3) is 0.304. The summed E-state index contributed by atoms with van der Waals surface area (Å²) in [6.07, 6.45) is 3.07. The minimum atomic E-state index is -0.119. The van der Waals surface area contributed by atoms with Crippen LogP contribution in [0.3, 0.4) is 0 Å². The Hall–Kier alpha value is -3.52. The van der Waals surface area contributed by atoms with Crippen LogP contribution in [0.1, 0.15) is 34.7 Å². The predicted octanol–water partition coefficient (Wildman–Crippen LogP) is 3.70. The molecule has 31 heavy (non-hydrogen) atoms. The van der Waals surface area contributed by atoms with Gasteiger partial charge in [-0.25, -0.2) is 14.6 Å². The first-order valence-corrected chi connectivity index (χ1v) is 10.1. The summed E-state index contributed by atoms with van der Waals surface area (Å²) in [5.74, 6) is 0.230. The Kier molecular flexibility index (Phi) is 5.81. The molecule has 4 rings (SSSR count). The predicted molar refractivity (Wildman–Crippen MR) is 117 cm³/mol. The molecule has 4 aromatic rings. The molecule has 0 unspecified atom stereocenters. The van der Waals surface area contributed by atoms with Crippen LogP contribution in [0.15, 0.2) is 48.9 Å². The number of ether oxygens (including phenoxy) is 2. The van der Waals surface area contributed by atoms with Crippen LogP contribution in [0.25, 0.3) is 16.7 Å². The molecule has 0 saturated heterocycles. The highest BCUT2D eigenvalue weighted by atomic mass is 16.5. The highest BCUT2D eigenvalue weighted by Crippen LogP contribution is 2.25. The zero-order valence-corrected chi connectivity index (χ0v) is 18.1. The van der Waals surface area contributed by atoms with Gasteiger partial charge in [0, 0.05) is 24.1 Å². The van der Waals surface area contributed by atoms with Crippen LogP contribution in [-0.2, 0) is 4.74 Å². The summed E-state index contributed by atoms with van der Waals surface area (Å²) >= 11 is 0. The van der Waals surface area contributed by atoms with Crippen molar-refractivity contribution in [1.29, 1.82) is 0 Å². The van der Waals surface area contributed by atoms with Crippen LogP contribution in [0, 0.1) is 13.8 Å². The Labute approximate surface area is 180 Å². The number of benzene rings is 1. The van der Waals surface area contributed by atoms with Crippen LogP contribution in [0.5, 0.6) is 5.88 Å². The van der Waals surface area contributed by atoms with Crippen molar-refractivity contribution in [2.24, 2.45) is 0 Å². The zero-order valence-electron chi connectivity index (χ0n) is 18.1. The number of ketones is 1. The molecule has 0 N–H and O–H groups in total. The Morgan fingerprint density at radius 1 is 1.16 bits per heavy atom. The van der Waals surface area contributed by atoms with Crippen molar-refractivity contribution in [3.63, 3.8) is 0 Å². The number of hydrogen-bond donors (Lipinski definition) is 0. The molecule has 0 amide bonds. The van der Waals surface area contributed by atoms with Crippen molar-refractivity contribution >= 4 is 16.8 Å². The molecule has 8 nitrogen and oxygen atoms in total. The number of carbonyl (C=O) groups excluding carboxylic acids is 1. The van der Waals surface area contributed by atoms with Crippen LogP contribution in [-0.4, -0.2) is 50.4 Å². The van der Waals surface area contributed by atoms with E-state index in [1.807, 2.05) is 50.2 Å². The summed E-state index contributed by atoms with van der Waals surface area (Å²) in [4.78, 5) is 21.5. The van der Waals surface area contributed by atoms with E-state index in [0.717, 1.165) is 17.1 Å². The fourth-order valence-electron chi connectivity index (χ4n) is 3.96. The number of hydrogen-bond acceptors (Lipinski definition) is 6. The minimum Gasteiger partial charge on any atom is -0.469 e. The first-order chi connectivity index (χ1) is 15.0. The largest absolute Gasteiger partial charge is 0.469 e. The van der Waals surface area contributed by atoms with E-state index in [0.29, 0.717) is 29.1 Å². The first-order valence-electron chi connectivity index (χ1n) is 10.1. The molecular formula is C23H25N5O3. The van der Waals surface area contributed by atoms with E-state index in [2.05, 4.69) is 26.6 Å². The Morgan fingerprint density at radius 2 is 1.94 bits per heavy atom. The van der Waals surface area contributed by atoms with Gasteiger partial charge in [0.2, 0.25) is 11.7 Å². The van der Waals surface area contributed by atoms with E-state index in [1.54, 1.807) is 18.0 Å². The summed E-state index contributed by atoms with van der Waals surface area (Å²) in [6.45, 7) is 6.45. The molecular weight excluding hydrogens is 394 g/mol. The third-order valence-corrected chi connectivity index (χ3v) is 5.30. The van der Waals surface area contributed by atoms with Crippen molar-refractivity contribution in [2.75, 3.05) is 20.3 Å². The Morgan fingerprint density at radius 3 is 2.68 bits per heavy atom. The lowest BCUT2D eigenvalue weighted by molar-refractivity contribution is 0.0918. The van der Waals surface area contributed by atoms with Crippen molar-refractivity contribution in [3.8, 4) is 11.6 Å². The van der Waals surface area contributed by atoms with Gasteiger partial charge in [-0.3, -0.25) is 4.79 Å². The molecule has 0 aliphatic rings. The monoisotopic (exact) mass is 419 g/mol. The van der Waals surface area contributed by atoms with Crippen LogP contribution >= 0.6 is 0 Å². The van der Waals surface area contributed by atoms with Crippen molar-refractivity contribution in [3.05, 3.63) is 65.9 Å². The molecule has 0 spiro atoms. The van der Waals surface area contributed by atoms with Crippen LogP contribution < -0.4 is 4.74 Å². The average Bonchev–Trinajstić information content (AvgIpc) is 3.33. The topological polar surface area (TPSA) is 84.1 Å². The number of rotatable bonds is 8. The molecule has 0 aliphatic carbocycles. The van der Waals surface area contributed by atoms with E-state index in [9.17, 15) is 4.79 Å². The number of aryl methyl sites for hydroxylation is 1. The van der Waals surface area contributed by atoms with Crippen molar-refractivity contribution in [2.45, 2.75) is 26.8 Å². The maximum atomic E-state index is 12.9. The number of Topliss-reactive ketones (excluding diaryl/α,β-unsaturated/α-hetero) is 1. The number of aromatic nitrogens is 5. The highest BCUT2D eigenvalue weighted by molar-refractivity contribution is 5.98. The molecule has 0 aliphatic heterocycles. The molecule has 0 fully saturated rings. The number of nitrogens with zero attached hydrogens (tertiary/aromatic N) is 5. The van der Waals surface area contributed by atoms with Gasteiger partial charge in [0.05, 0.1) is 24.5 Å². The number of para-hydroxylation sites is 1. The second-order valence-electron chi connectivity index (χ2n) is 7.48. The average molecular weight is 419 g/mol. The van der Waals surface area contributed by atoms with Gasteiger partial charge in [-0.15, -0.1) is 0 Å². The second kappa shape index (κ2) is 8.69. The third-order valence-electron chi connectivity index (χ3n) is 5.30. The summed E-state index contributed by atoms with van der Waals surface area (Å²) in [7, 11) is 1.67. The van der Waals surface area contributed by atoms with E-state index in [1.165, 1.54) is 6.33 Å². The molecule has 3 heterocycles. The number of methoxy groups -OCH3 is 1. The summed E-state index contributed by atoms with van der Waals surface area (Å²) in [5.41, 5.74) is 4.07. The SMILES string of the molecule is COC[C@H](C)n1c(C)cc(C(=O)COc2ncnc3c2cnn3-c2ccccc2)c1C. The second-order valence-corrected chi connectivity index (χ2v) is 7.48. The maximum absolute atomic E-state index is 12.9.